The zero-order valence-corrected chi connectivity index (χ0v) is 12.0. The van der Waals surface area contributed by atoms with Gasteiger partial charge in [0.25, 0.3) is 0 Å². The number of fused-ring (bicyclic) bond motifs is 1. The van der Waals surface area contributed by atoms with Crippen molar-refractivity contribution >= 4 is 16.8 Å². The molecule has 0 bridgehead atoms. The van der Waals surface area contributed by atoms with Gasteiger partial charge in [-0.15, -0.1) is 0 Å². The molecular formula is C17H16N2O2. The number of rotatable bonds is 4. The second kappa shape index (κ2) is 5.50. The molecule has 106 valence electrons. The minimum atomic E-state index is -0.106. The number of methoxy groups -OCH3 is 1. The van der Waals surface area contributed by atoms with Crippen LogP contribution in [0.5, 0.6) is 0 Å². The number of nitrogens with zero attached hydrogens (tertiary/aromatic N) is 1. The van der Waals surface area contributed by atoms with Crippen LogP contribution in [-0.4, -0.2) is 22.9 Å². The Balaban J connectivity index is 1.99. The molecule has 3 rings (SSSR count). The number of carbonyl (C=O) groups excluding carboxylic acids is 1. The van der Waals surface area contributed by atoms with Crippen LogP contribution in [0.3, 0.4) is 0 Å². The Morgan fingerprint density at radius 2 is 1.90 bits per heavy atom. The molecule has 21 heavy (non-hydrogen) atoms. The second-order valence-electron chi connectivity index (χ2n) is 4.93. The highest BCUT2D eigenvalue weighted by molar-refractivity contribution is 6.10. The predicted molar refractivity (Wildman–Crippen MR) is 81.4 cm³/mol. The van der Waals surface area contributed by atoms with Crippen LogP contribution in [-0.2, 0) is 4.74 Å². The third-order valence-corrected chi connectivity index (χ3v) is 3.54. The van der Waals surface area contributed by atoms with Gasteiger partial charge in [0.15, 0.2) is 5.78 Å². The molecule has 1 unspecified atom stereocenters. The number of carbonyl (C=O) groups is 1. The van der Waals surface area contributed by atoms with Gasteiger partial charge in [-0.3, -0.25) is 4.79 Å². The third kappa shape index (κ3) is 2.58. The van der Waals surface area contributed by atoms with Crippen LogP contribution in [0, 0.1) is 0 Å². The van der Waals surface area contributed by atoms with Gasteiger partial charge in [-0.25, -0.2) is 4.98 Å². The highest BCUT2D eigenvalue weighted by atomic mass is 16.5. The third-order valence-electron chi connectivity index (χ3n) is 3.54. The predicted octanol–water partition coefficient (Wildman–Crippen LogP) is 3.50. The molecule has 0 amide bonds. The van der Waals surface area contributed by atoms with E-state index >= 15 is 0 Å². The number of aromatic amines is 1. The van der Waals surface area contributed by atoms with Crippen LogP contribution >= 0.6 is 0 Å². The van der Waals surface area contributed by atoms with E-state index in [0.29, 0.717) is 11.1 Å². The number of ketones is 1. The Labute approximate surface area is 122 Å². The summed E-state index contributed by atoms with van der Waals surface area (Å²) in [5, 5.41) is 0. The van der Waals surface area contributed by atoms with Gasteiger partial charge in [-0.1, -0.05) is 30.3 Å². The first-order valence-electron chi connectivity index (χ1n) is 6.81. The summed E-state index contributed by atoms with van der Waals surface area (Å²) in [6.07, 6.45) is -0.106. The molecule has 1 aromatic heterocycles. The van der Waals surface area contributed by atoms with E-state index in [4.69, 9.17) is 4.74 Å². The minimum Gasteiger partial charge on any atom is -0.374 e. The van der Waals surface area contributed by atoms with Gasteiger partial charge in [-0.2, -0.15) is 0 Å². The van der Waals surface area contributed by atoms with E-state index in [1.165, 1.54) is 0 Å². The maximum atomic E-state index is 12.4. The molecular weight excluding hydrogens is 264 g/mol. The summed E-state index contributed by atoms with van der Waals surface area (Å²) >= 11 is 0. The fourth-order valence-electron chi connectivity index (χ4n) is 2.23. The fraction of sp³-hybridized carbons (Fsp3) is 0.176. The van der Waals surface area contributed by atoms with Crippen molar-refractivity contribution in [3.8, 4) is 0 Å². The Morgan fingerprint density at radius 1 is 1.14 bits per heavy atom. The fourth-order valence-corrected chi connectivity index (χ4v) is 2.23. The number of aromatic nitrogens is 2. The summed E-state index contributed by atoms with van der Waals surface area (Å²) in [5.74, 6) is 0.769. The topological polar surface area (TPSA) is 55.0 Å². The second-order valence-corrected chi connectivity index (χ2v) is 4.93. The molecule has 0 fully saturated rings. The minimum absolute atomic E-state index is 0.00781. The molecule has 1 atom stereocenters. The van der Waals surface area contributed by atoms with Crippen LogP contribution in [0.15, 0.2) is 48.5 Å². The van der Waals surface area contributed by atoms with Crippen molar-refractivity contribution < 1.29 is 9.53 Å². The number of imidazole rings is 1. The van der Waals surface area contributed by atoms with Gasteiger partial charge in [0.2, 0.25) is 0 Å². The maximum absolute atomic E-state index is 12.4. The molecule has 0 aliphatic heterocycles. The van der Waals surface area contributed by atoms with Gasteiger partial charge >= 0.3 is 0 Å². The standard InChI is InChI=1S/C17H16N2O2/c1-11(21-2)17-18-14-9-8-13(10-15(14)19-17)16(20)12-6-4-3-5-7-12/h3-11H,1-2H3,(H,18,19). The van der Waals surface area contributed by atoms with Crippen LogP contribution in [0.4, 0.5) is 0 Å². The lowest BCUT2D eigenvalue weighted by Gasteiger charge is -2.03. The maximum Gasteiger partial charge on any atom is 0.193 e. The monoisotopic (exact) mass is 280 g/mol. The Hall–Kier alpha value is -2.46. The van der Waals surface area contributed by atoms with Crippen LogP contribution in [0.1, 0.15) is 34.8 Å². The zero-order valence-electron chi connectivity index (χ0n) is 12.0. The molecule has 0 saturated heterocycles. The lowest BCUT2D eigenvalue weighted by Crippen LogP contribution is -2.00. The molecule has 0 aliphatic carbocycles. The number of benzene rings is 2. The molecule has 4 heteroatoms. The number of ether oxygens (including phenoxy) is 1. The normalized spacial score (nSPS) is 12.5. The van der Waals surface area contributed by atoms with Crippen molar-refractivity contribution in [3.63, 3.8) is 0 Å². The van der Waals surface area contributed by atoms with E-state index in [-0.39, 0.29) is 11.9 Å². The number of nitrogens with one attached hydrogen (secondary N) is 1. The smallest absolute Gasteiger partial charge is 0.193 e. The van der Waals surface area contributed by atoms with Gasteiger partial charge in [0.05, 0.1) is 11.0 Å². The SMILES string of the molecule is COC(C)c1nc2ccc(C(=O)c3ccccc3)cc2[nH]1. The van der Waals surface area contributed by atoms with Crippen molar-refractivity contribution in [3.05, 3.63) is 65.5 Å². The van der Waals surface area contributed by atoms with E-state index in [1.54, 1.807) is 13.2 Å². The lowest BCUT2D eigenvalue weighted by molar-refractivity contribution is 0.103. The molecule has 0 saturated carbocycles. The van der Waals surface area contributed by atoms with Gasteiger partial charge < -0.3 is 9.72 Å². The molecule has 4 nitrogen and oxygen atoms in total. The summed E-state index contributed by atoms with van der Waals surface area (Å²) in [5.41, 5.74) is 3.00. The first-order valence-corrected chi connectivity index (χ1v) is 6.81. The van der Waals surface area contributed by atoms with Crippen LogP contribution in [0.2, 0.25) is 0 Å². The summed E-state index contributed by atoms with van der Waals surface area (Å²) in [6, 6.07) is 14.8. The van der Waals surface area contributed by atoms with Crippen LogP contribution < -0.4 is 0 Å². The van der Waals surface area contributed by atoms with Gasteiger partial charge in [0, 0.05) is 18.2 Å². The van der Waals surface area contributed by atoms with Crippen molar-refractivity contribution in [2.24, 2.45) is 0 Å². The van der Waals surface area contributed by atoms with Gasteiger partial charge in [0.1, 0.15) is 11.9 Å². The number of H-pyrrole nitrogens is 1. The summed E-state index contributed by atoms with van der Waals surface area (Å²) in [4.78, 5) is 20.1. The largest absolute Gasteiger partial charge is 0.374 e. The first kappa shape index (κ1) is 13.5. The highest BCUT2D eigenvalue weighted by Gasteiger charge is 2.13. The average molecular weight is 280 g/mol. The van der Waals surface area contributed by atoms with E-state index < -0.39 is 0 Å². The van der Waals surface area contributed by atoms with Crippen molar-refractivity contribution in [1.82, 2.24) is 9.97 Å². The Kier molecular flexibility index (Phi) is 3.54. The van der Waals surface area contributed by atoms with E-state index in [2.05, 4.69) is 9.97 Å². The molecule has 3 aromatic rings. The number of hydrogen-bond donors (Lipinski definition) is 1. The van der Waals surface area contributed by atoms with E-state index in [9.17, 15) is 4.79 Å². The van der Waals surface area contributed by atoms with E-state index in [1.807, 2.05) is 49.4 Å². The van der Waals surface area contributed by atoms with E-state index in [0.717, 1.165) is 16.9 Å². The lowest BCUT2D eigenvalue weighted by atomic mass is 10.0. The zero-order chi connectivity index (χ0) is 14.8. The molecule has 0 spiro atoms. The highest BCUT2D eigenvalue weighted by Crippen LogP contribution is 2.20. The van der Waals surface area contributed by atoms with Crippen molar-refractivity contribution in [2.45, 2.75) is 13.0 Å². The Bertz CT molecular complexity index is 778. The van der Waals surface area contributed by atoms with Crippen molar-refractivity contribution in [1.29, 1.82) is 0 Å². The Morgan fingerprint density at radius 3 is 2.62 bits per heavy atom. The summed E-state index contributed by atoms with van der Waals surface area (Å²) in [7, 11) is 1.64. The van der Waals surface area contributed by atoms with Crippen LogP contribution in [0.25, 0.3) is 11.0 Å². The molecule has 0 radical (unpaired) electrons. The quantitative estimate of drug-likeness (QED) is 0.744. The summed E-state index contributed by atoms with van der Waals surface area (Å²) in [6.45, 7) is 1.92. The summed E-state index contributed by atoms with van der Waals surface area (Å²) < 4.78 is 5.25. The first-order chi connectivity index (χ1) is 10.2. The average Bonchev–Trinajstić information content (AvgIpc) is 2.97. The molecule has 1 N–H and O–H groups in total. The van der Waals surface area contributed by atoms with Gasteiger partial charge in [-0.05, 0) is 25.1 Å². The van der Waals surface area contributed by atoms with Crippen molar-refractivity contribution in [2.75, 3.05) is 7.11 Å². The number of hydrogen-bond acceptors (Lipinski definition) is 3. The molecule has 2 aromatic carbocycles. The molecule has 1 heterocycles. The molecule has 0 aliphatic rings.